The predicted octanol–water partition coefficient (Wildman–Crippen LogP) is 2.26. The largest absolute Gasteiger partial charge is 0.480 e. The van der Waals surface area contributed by atoms with E-state index < -0.39 is 5.97 Å². The van der Waals surface area contributed by atoms with Gasteiger partial charge in [-0.05, 0) is 49.8 Å². The first-order chi connectivity index (χ1) is 11.5. The minimum Gasteiger partial charge on any atom is -0.480 e. The number of carbonyl (C=O) groups excluding carboxylic acids is 1. The van der Waals surface area contributed by atoms with E-state index in [9.17, 15) is 14.7 Å². The van der Waals surface area contributed by atoms with E-state index in [0.717, 1.165) is 50.0 Å². The Kier molecular flexibility index (Phi) is 4.63. The highest BCUT2D eigenvalue weighted by Gasteiger charge is 2.47. The number of amides is 1. The Bertz CT molecular complexity index is 635. The maximum absolute atomic E-state index is 12.8. The molecule has 0 bridgehead atoms. The first-order valence-corrected chi connectivity index (χ1v) is 8.76. The summed E-state index contributed by atoms with van der Waals surface area (Å²) in [6, 6.07) is 7.44. The van der Waals surface area contributed by atoms with Gasteiger partial charge in [0, 0.05) is 25.2 Å². The van der Waals surface area contributed by atoms with Crippen LogP contribution in [0.15, 0.2) is 24.3 Å². The van der Waals surface area contributed by atoms with E-state index in [-0.39, 0.29) is 17.4 Å². The molecular formula is C19H26N2O3. The second kappa shape index (κ2) is 6.55. The van der Waals surface area contributed by atoms with Crippen molar-refractivity contribution in [3.63, 3.8) is 0 Å². The number of piperidine rings is 1. The Morgan fingerprint density at radius 1 is 1.25 bits per heavy atom. The number of carboxylic acids is 1. The SMILES string of the molecule is CCc1ccccc1C(=O)N1CCC2(CC1)CC(C(=O)O)N(C)C2. The summed E-state index contributed by atoms with van der Waals surface area (Å²) in [4.78, 5) is 28.1. The van der Waals surface area contributed by atoms with Crippen LogP contribution in [0.4, 0.5) is 0 Å². The average Bonchev–Trinajstić information content (AvgIpc) is 2.91. The van der Waals surface area contributed by atoms with E-state index in [4.69, 9.17) is 0 Å². The van der Waals surface area contributed by atoms with Gasteiger partial charge in [0.2, 0.25) is 0 Å². The number of likely N-dealkylation sites (tertiary alicyclic amines) is 2. The van der Waals surface area contributed by atoms with Crippen molar-refractivity contribution in [1.29, 1.82) is 0 Å². The molecule has 1 aromatic carbocycles. The van der Waals surface area contributed by atoms with Gasteiger partial charge >= 0.3 is 5.97 Å². The van der Waals surface area contributed by atoms with Crippen LogP contribution < -0.4 is 0 Å². The third kappa shape index (κ3) is 3.05. The van der Waals surface area contributed by atoms with Gasteiger partial charge in [-0.25, -0.2) is 0 Å². The van der Waals surface area contributed by atoms with Crippen LogP contribution in [0.25, 0.3) is 0 Å². The second-order valence-corrected chi connectivity index (χ2v) is 7.28. The number of likely N-dealkylation sites (N-methyl/N-ethyl adjacent to an activating group) is 1. The van der Waals surface area contributed by atoms with Crippen LogP contribution in [0.5, 0.6) is 0 Å². The Hall–Kier alpha value is -1.88. The molecule has 3 rings (SSSR count). The summed E-state index contributed by atoms with van der Waals surface area (Å²) in [5, 5.41) is 9.34. The normalized spacial score (nSPS) is 23.6. The van der Waals surface area contributed by atoms with E-state index in [0.29, 0.717) is 6.42 Å². The minimum absolute atomic E-state index is 0.0544. The smallest absolute Gasteiger partial charge is 0.320 e. The van der Waals surface area contributed by atoms with Crippen molar-refractivity contribution < 1.29 is 14.7 Å². The number of hydrogen-bond acceptors (Lipinski definition) is 3. The molecule has 1 N–H and O–H groups in total. The van der Waals surface area contributed by atoms with E-state index >= 15 is 0 Å². The van der Waals surface area contributed by atoms with Gasteiger partial charge < -0.3 is 10.0 Å². The molecule has 24 heavy (non-hydrogen) atoms. The maximum atomic E-state index is 12.8. The van der Waals surface area contributed by atoms with Crippen molar-refractivity contribution in [2.45, 2.75) is 38.6 Å². The quantitative estimate of drug-likeness (QED) is 0.923. The predicted molar refractivity (Wildman–Crippen MR) is 92.1 cm³/mol. The molecule has 2 heterocycles. The van der Waals surface area contributed by atoms with E-state index in [1.165, 1.54) is 0 Å². The first-order valence-electron chi connectivity index (χ1n) is 8.76. The molecule has 1 unspecified atom stereocenters. The van der Waals surface area contributed by atoms with Crippen molar-refractivity contribution in [1.82, 2.24) is 9.80 Å². The number of benzene rings is 1. The summed E-state index contributed by atoms with van der Waals surface area (Å²) in [5.74, 6) is -0.617. The van der Waals surface area contributed by atoms with Gasteiger partial charge in [-0.2, -0.15) is 0 Å². The number of hydrogen-bond donors (Lipinski definition) is 1. The van der Waals surface area contributed by atoms with Crippen LogP contribution in [0, 0.1) is 5.41 Å². The highest BCUT2D eigenvalue weighted by atomic mass is 16.4. The number of aryl methyl sites for hydroxylation is 1. The van der Waals surface area contributed by atoms with E-state index in [2.05, 4.69) is 6.92 Å². The number of aliphatic carboxylic acids is 1. The molecule has 130 valence electrons. The lowest BCUT2D eigenvalue weighted by Crippen LogP contribution is -2.44. The van der Waals surface area contributed by atoms with Crippen LogP contribution in [0.3, 0.4) is 0 Å². The maximum Gasteiger partial charge on any atom is 0.320 e. The van der Waals surface area contributed by atoms with Gasteiger partial charge in [0.1, 0.15) is 6.04 Å². The van der Waals surface area contributed by atoms with Crippen molar-refractivity contribution >= 4 is 11.9 Å². The number of nitrogens with zero attached hydrogens (tertiary/aromatic N) is 2. The van der Waals surface area contributed by atoms with Gasteiger partial charge in [0.15, 0.2) is 0 Å². The van der Waals surface area contributed by atoms with Gasteiger partial charge in [0.25, 0.3) is 5.91 Å². The van der Waals surface area contributed by atoms with Crippen LogP contribution in [0.2, 0.25) is 0 Å². The molecule has 2 fully saturated rings. The summed E-state index contributed by atoms with van der Waals surface area (Å²) in [5.41, 5.74) is 1.95. The van der Waals surface area contributed by atoms with Crippen LogP contribution >= 0.6 is 0 Å². The molecule has 0 saturated carbocycles. The van der Waals surface area contributed by atoms with Crippen LogP contribution in [0.1, 0.15) is 42.1 Å². The number of carboxylic acid groups (broad SMARTS) is 1. The molecule has 1 spiro atoms. The van der Waals surface area contributed by atoms with Gasteiger partial charge in [0.05, 0.1) is 0 Å². The Balaban J connectivity index is 1.67. The van der Waals surface area contributed by atoms with E-state index in [1.54, 1.807) is 0 Å². The molecule has 2 aliphatic heterocycles. The highest BCUT2D eigenvalue weighted by Crippen LogP contribution is 2.43. The second-order valence-electron chi connectivity index (χ2n) is 7.28. The zero-order valence-corrected chi connectivity index (χ0v) is 14.5. The molecule has 0 aromatic heterocycles. The van der Waals surface area contributed by atoms with Crippen LogP contribution in [-0.2, 0) is 11.2 Å². The van der Waals surface area contributed by atoms with Gasteiger partial charge in [-0.1, -0.05) is 25.1 Å². The fraction of sp³-hybridized carbons (Fsp3) is 0.579. The van der Waals surface area contributed by atoms with Crippen LogP contribution in [-0.4, -0.2) is 59.5 Å². The van der Waals surface area contributed by atoms with Gasteiger partial charge in [-0.15, -0.1) is 0 Å². The van der Waals surface area contributed by atoms with Gasteiger partial charge in [-0.3, -0.25) is 14.5 Å². The van der Waals surface area contributed by atoms with Crippen molar-refractivity contribution in [3.05, 3.63) is 35.4 Å². The van der Waals surface area contributed by atoms with Crippen molar-refractivity contribution in [2.24, 2.45) is 5.41 Å². The van der Waals surface area contributed by atoms with E-state index in [1.807, 2.05) is 41.1 Å². The summed E-state index contributed by atoms with van der Waals surface area (Å²) in [6.07, 6.45) is 3.33. The van der Waals surface area contributed by atoms with Crippen molar-refractivity contribution in [2.75, 3.05) is 26.7 Å². The fourth-order valence-electron chi connectivity index (χ4n) is 4.30. The lowest BCUT2D eigenvalue weighted by atomic mass is 9.76. The fourth-order valence-corrected chi connectivity index (χ4v) is 4.30. The summed E-state index contributed by atoms with van der Waals surface area (Å²) in [7, 11) is 1.89. The molecule has 5 heteroatoms. The first kappa shape index (κ1) is 17.0. The average molecular weight is 330 g/mol. The lowest BCUT2D eigenvalue weighted by Gasteiger charge is -2.39. The Labute approximate surface area is 143 Å². The molecule has 1 amide bonds. The molecule has 1 atom stereocenters. The molecule has 2 aliphatic rings. The van der Waals surface area contributed by atoms with Crippen molar-refractivity contribution in [3.8, 4) is 0 Å². The molecule has 5 nitrogen and oxygen atoms in total. The third-order valence-corrected chi connectivity index (χ3v) is 5.77. The third-order valence-electron chi connectivity index (χ3n) is 5.77. The lowest BCUT2D eigenvalue weighted by molar-refractivity contribution is -0.141. The molecule has 0 radical (unpaired) electrons. The minimum atomic E-state index is -0.732. The number of carbonyl (C=O) groups is 2. The monoisotopic (exact) mass is 330 g/mol. The zero-order chi connectivity index (χ0) is 17.3. The molecular weight excluding hydrogens is 304 g/mol. The zero-order valence-electron chi connectivity index (χ0n) is 14.5. The highest BCUT2D eigenvalue weighted by molar-refractivity contribution is 5.95. The molecule has 0 aliphatic carbocycles. The Morgan fingerprint density at radius 3 is 2.50 bits per heavy atom. The standard InChI is InChI=1S/C19H26N2O3/c1-3-14-6-4-5-7-15(14)17(22)21-10-8-19(9-11-21)12-16(18(23)24)20(2)13-19/h4-7,16H,3,8-13H2,1-2H3,(H,23,24). The molecule has 1 aromatic rings. The summed E-state index contributed by atoms with van der Waals surface area (Å²) < 4.78 is 0. The topological polar surface area (TPSA) is 60.9 Å². The Morgan fingerprint density at radius 2 is 1.92 bits per heavy atom. The summed E-state index contributed by atoms with van der Waals surface area (Å²) >= 11 is 0. The number of rotatable bonds is 3. The summed E-state index contributed by atoms with van der Waals surface area (Å²) in [6.45, 7) is 4.32. The molecule has 2 saturated heterocycles.